The fraction of sp³-hybridized carbons (Fsp3) is 0.0714. The lowest BCUT2D eigenvalue weighted by Gasteiger charge is -2.08. The number of hydrogen-bond donors (Lipinski definition) is 1. The van der Waals surface area contributed by atoms with E-state index in [1.807, 2.05) is 0 Å². The maximum Gasteiger partial charge on any atom is 0.336 e. The Labute approximate surface area is 112 Å². The van der Waals surface area contributed by atoms with Crippen molar-refractivity contribution in [3.63, 3.8) is 0 Å². The monoisotopic (exact) mass is 308 g/mol. The molecule has 0 bridgehead atoms. The maximum atomic E-state index is 13.2. The molecular weight excluding hydrogens is 299 g/mol. The molecule has 1 N–H and O–H groups in total. The average molecular weight is 309 g/mol. The summed E-state index contributed by atoms with van der Waals surface area (Å²) in [5.41, 5.74) is 1.95. The summed E-state index contributed by atoms with van der Waals surface area (Å²) >= 11 is 3.24. The molecule has 0 heterocycles. The van der Waals surface area contributed by atoms with E-state index in [2.05, 4.69) is 15.9 Å². The van der Waals surface area contributed by atoms with Crippen LogP contribution in [0.5, 0.6) is 0 Å². The number of carbonyl (C=O) groups is 1. The van der Waals surface area contributed by atoms with Crippen molar-refractivity contribution in [2.75, 3.05) is 0 Å². The van der Waals surface area contributed by atoms with Crippen LogP contribution in [-0.4, -0.2) is 11.1 Å². The fourth-order valence-corrected chi connectivity index (χ4v) is 2.12. The summed E-state index contributed by atoms with van der Waals surface area (Å²) in [5.74, 6) is -1.30. The second-order valence-corrected chi connectivity index (χ2v) is 4.87. The third kappa shape index (κ3) is 2.43. The number of benzene rings is 2. The van der Waals surface area contributed by atoms with Crippen LogP contribution in [-0.2, 0) is 0 Å². The normalized spacial score (nSPS) is 10.4. The Hall–Kier alpha value is -1.68. The van der Waals surface area contributed by atoms with Gasteiger partial charge in [-0.05, 0) is 47.9 Å². The first-order valence-corrected chi connectivity index (χ1v) is 6.07. The van der Waals surface area contributed by atoms with Crippen LogP contribution < -0.4 is 0 Å². The minimum absolute atomic E-state index is 0.190. The molecular formula is C14H10BrFO2. The first-order chi connectivity index (χ1) is 8.49. The van der Waals surface area contributed by atoms with E-state index in [4.69, 9.17) is 0 Å². The molecule has 92 valence electrons. The number of aryl methyl sites for hydroxylation is 1. The Bertz CT molecular complexity index is 623. The molecule has 2 nitrogen and oxygen atoms in total. The third-order valence-corrected chi connectivity index (χ3v) is 3.17. The van der Waals surface area contributed by atoms with E-state index >= 15 is 0 Å². The quantitative estimate of drug-likeness (QED) is 0.900. The van der Waals surface area contributed by atoms with Crippen molar-refractivity contribution in [1.82, 2.24) is 0 Å². The predicted octanol–water partition coefficient (Wildman–Crippen LogP) is 4.26. The van der Waals surface area contributed by atoms with Crippen LogP contribution in [0.3, 0.4) is 0 Å². The highest BCUT2D eigenvalue weighted by Gasteiger charge is 2.13. The minimum atomic E-state index is -1.01. The first-order valence-electron chi connectivity index (χ1n) is 5.28. The Kier molecular flexibility index (Phi) is 3.48. The van der Waals surface area contributed by atoms with Crippen LogP contribution >= 0.6 is 15.9 Å². The summed E-state index contributed by atoms with van der Waals surface area (Å²) in [5, 5.41) is 9.18. The zero-order chi connectivity index (χ0) is 13.3. The molecule has 0 amide bonds. The lowest BCUT2D eigenvalue weighted by molar-refractivity contribution is 0.0697. The van der Waals surface area contributed by atoms with Gasteiger partial charge in [-0.2, -0.15) is 0 Å². The molecule has 0 saturated heterocycles. The Morgan fingerprint density at radius 3 is 2.56 bits per heavy atom. The first kappa shape index (κ1) is 12.8. The van der Waals surface area contributed by atoms with Gasteiger partial charge in [0.25, 0.3) is 0 Å². The van der Waals surface area contributed by atoms with Gasteiger partial charge in [0.2, 0.25) is 0 Å². The molecule has 2 rings (SSSR count). The Balaban J connectivity index is 2.63. The molecule has 0 fully saturated rings. The number of carboxylic acid groups (broad SMARTS) is 1. The molecule has 0 aromatic heterocycles. The number of rotatable bonds is 2. The van der Waals surface area contributed by atoms with Gasteiger partial charge in [-0.15, -0.1) is 0 Å². The lowest BCUT2D eigenvalue weighted by atomic mass is 9.98. The summed E-state index contributed by atoms with van der Waals surface area (Å²) < 4.78 is 13.9. The van der Waals surface area contributed by atoms with E-state index in [0.717, 1.165) is 0 Å². The van der Waals surface area contributed by atoms with Gasteiger partial charge in [0.1, 0.15) is 5.82 Å². The zero-order valence-corrected chi connectivity index (χ0v) is 11.2. The average Bonchev–Trinajstić information content (AvgIpc) is 2.32. The molecule has 0 saturated carbocycles. The van der Waals surface area contributed by atoms with E-state index < -0.39 is 5.97 Å². The van der Waals surface area contributed by atoms with Gasteiger partial charge in [0.05, 0.1) is 5.56 Å². The molecule has 0 radical (unpaired) electrons. The standard InChI is InChI=1S/C14H10BrFO2/c1-8-6-9(2-5-13(8)16)11-4-3-10(15)7-12(11)14(17)18/h2-7H,1H3,(H,17,18). The third-order valence-electron chi connectivity index (χ3n) is 2.68. The van der Waals surface area contributed by atoms with Crippen molar-refractivity contribution in [2.45, 2.75) is 6.92 Å². The van der Waals surface area contributed by atoms with Crippen molar-refractivity contribution >= 4 is 21.9 Å². The smallest absolute Gasteiger partial charge is 0.336 e. The maximum absolute atomic E-state index is 13.2. The molecule has 0 aliphatic rings. The van der Waals surface area contributed by atoms with E-state index in [1.54, 1.807) is 31.2 Å². The summed E-state index contributed by atoms with van der Waals surface area (Å²) in [6.07, 6.45) is 0. The Morgan fingerprint density at radius 1 is 1.22 bits per heavy atom. The number of halogens is 2. The van der Waals surface area contributed by atoms with Crippen LogP contribution in [0.2, 0.25) is 0 Å². The van der Waals surface area contributed by atoms with Gasteiger partial charge < -0.3 is 5.11 Å². The molecule has 0 aliphatic carbocycles. The van der Waals surface area contributed by atoms with Crippen LogP contribution in [0.15, 0.2) is 40.9 Å². The summed E-state index contributed by atoms with van der Waals surface area (Å²) in [4.78, 5) is 11.2. The van der Waals surface area contributed by atoms with E-state index in [9.17, 15) is 14.3 Å². The lowest BCUT2D eigenvalue weighted by Crippen LogP contribution is -2.00. The van der Waals surface area contributed by atoms with Crippen molar-refractivity contribution in [2.24, 2.45) is 0 Å². The largest absolute Gasteiger partial charge is 0.478 e. The summed E-state index contributed by atoms with van der Waals surface area (Å²) in [6.45, 7) is 1.65. The highest BCUT2D eigenvalue weighted by molar-refractivity contribution is 9.10. The fourth-order valence-electron chi connectivity index (χ4n) is 1.76. The second kappa shape index (κ2) is 4.90. The summed E-state index contributed by atoms with van der Waals surface area (Å²) in [6, 6.07) is 9.58. The summed E-state index contributed by atoms with van der Waals surface area (Å²) in [7, 11) is 0. The number of aromatic carboxylic acids is 1. The van der Waals surface area contributed by atoms with E-state index in [1.165, 1.54) is 12.1 Å². The SMILES string of the molecule is Cc1cc(-c2ccc(Br)cc2C(=O)O)ccc1F. The van der Waals surface area contributed by atoms with Crippen molar-refractivity contribution < 1.29 is 14.3 Å². The molecule has 0 atom stereocenters. The highest BCUT2D eigenvalue weighted by atomic mass is 79.9. The van der Waals surface area contributed by atoms with Crippen LogP contribution in [0, 0.1) is 12.7 Å². The molecule has 0 aliphatic heterocycles. The molecule has 0 unspecified atom stereocenters. The minimum Gasteiger partial charge on any atom is -0.478 e. The van der Waals surface area contributed by atoms with Crippen LogP contribution in [0.25, 0.3) is 11.1 Å². The molecule has 2 aromatic carbocycles. The van der Waals surface area contributed by atoms with E-state index in [-0.39, 0.29) is 11.4 Å². The van der Waals surface area contributed by atoms with Crippen LogP contribution in [0.1, 0.15) is 15.9 Å². The predicted molar refractivity (Wildman–Crippen MR) is 71.2 cm³/mol. The Morgan fingerprint density at radius 2 is 1.94 bits per heavy atom. The van der Waals surface area contributed by atoms with E-state index in [0.29, 0.717) is 21.2 Å². The molecule has 4 heteroatoms. The van der Waals surface area contributed by atoms with Gasteiger partial charge in [0, 0.05) is 4.47 Å². The topological polar surface area (TPSA) is 37.3 Å². The number of hydrogen-bond acceptors (Lipinski definition) is 1. The number of carboxylic acids is 1. The molecule has 2 aromatic rings. The van der Waals surface area contributed by atoms with Crippen molar-refractivity contribution in [3.05, 3.63) is 57.8 Å². The van der Waals surface area contributed by atoms with Gasteiger partial charge in [-0.3, -0.25) is 0 Å². The highest BCUT2D eigenvalue weighted by Crippen LogP contribution is 2.28. The molecule has 0 spiro atoms. The van der Waals surface area contributed by atoms with Gasteiger partial charge in [0.15, 0.2) is 0 Å². The van der Waals surface area contributed by atoms with Crippen molar-refractivity contribution in [1.29, 1.82) is 0 Å². The second-order valence-electron chi connectivity index (χ2n) is 3.96. The van der Waals surface area contributed by atoms with Gasteiger partial charge in [-0.25, -0.2) is 9.18 Å². The molecule has 18 heavy (non-hydrogen) atoms. The van der Waals surface area contributed by atoms with Gasteiger partial charge in [-0.1, -0.05) is 28.1 Å². The van der Waals surface area contributed by atoms with Crippen molar-refractivity contribution in [3.8, 4) is 11.1 Å². The van der Waals surface area contributed by atoms with Gasteiger partial charge >= 0.3 is 5.97 Å². The zero-order valence-electron chi connectivity index (χ0n) is 9.58. The van der Waals surface area contributed by atoms with Crippen LogP contribution in [0.4, 0.5) is 4.39 Å².